The summed E-state index contributed by atoms with van der Waals surface area (Å²) in [6.45, 7) is 8.29. The fourth-order valence-corrected chi connectivity index (χ4v) is 2.99. The number of rotatable bonds is 9. The average molecular weight is 435 g/mol. The second-order valence-electron chi connectivity index (χ2n) is 8.48. The van der Waals surface area contributed by atoms with Crippen LogP contribution in [0.25, 0.3) is 11.3 Å². The summed E-state index contributed by atoms with van der Waals surface area (Å²) >= 11 is 0. The molecule has 0 saturated carbocycles. The number of ether oxygens (including phenoxy) is 3. The molecule has 0 aliphatic rings. The van der Waals surface area contributed by atoms with E-state index in [0.717, 1.165) is 16.8 Å². The smallest absolute Gasteiger partial charge is 0.306 e. The lowest BCUT2D eigenvalue weighted by atomic mass is 10.1. The zero-order valence-electron chi connectivity index (χ0n) is 19.1. The molecule has 32 heavy (non-hydrogen) atoms. The molecule has 0 amide bonds. The molecule has 2 aromatic heterocycles. The zero-order chi connectivity index (χ0) is 23.0. The molecule has 0 saturated heterocycles. The van der Waals surface area contributed by atoms with Crippen molar-refractivity contribution >= 4 is 5.97 Å². The first-order valence-electron chi connectivity index (χ1n) is 10.8. The number of esters is 1. The Labute approximate surface area is 189 Å². The summed E-state index contributed by atoms with van der Waals surface area (Å²) in [5.74, 6) is 0.790. The first-order chi connectivity index (χ1) is 15.3. The van der Waals surface area contributed by atoms with Gasteiger partial charge in [-0.2, -0.15) is 0 Å². The van der Waals surface area contributed by atoms with Gasteiger partial charge < -0.3 is 14.2 Å². The minimum Gasteiger partial charge on any atom is -0.478 e. The molecule has 0 N–H and O–H groups in total. The maximum absolute atomic E-state index is 11.8. The van der Waals surface area contributed by atoms with E-state index in [9.17, 15) is 4.79 Å². The normalized spacial score (nSPS) is 11.1. The maximum atomic E-state index is 11.8. The highest BCUT2D eigenvalue weighted by atomic mass is 16.6. The van der Waals surface area contributed by atoms with Gasteiger partial charge in [0.25, 0.3) is 0 Å². The van der Waals surface area contributed by atoms with Crippen molar-refractivity contribution in [1.82, 2.24) is 9.97 Å². The number of carbonyl (C=O) groups is 1. The van der Waals surface area contributed by atoms with Crippen LogP contribution < -0.4 is 9.47 Å². The van der Waals surface area contributed by atoms with E-state index in [2.05, 4.69) is 9.97 Å². The average Bonchev–Trinajstić information content (AvgIpc) is 2.75. The lowest BCUT2D eigenvalue weighted by Crippen LogP contribution is -2.24. The van der Waals surface area contributed by atoms with E-state index in [-0.39, 0.29) is 5.97 Å². The van der Waals surface area contributed by atoms with Gasteiger partial charge >= 0.3 is 5.97 Å². The molecule has 0 unspecified atom stereocenters. The molecule has 0 spiro atoms. The largest absolute Gasteiger partial charge is 0.478 e. The quantitative estimate of drug-likeness (QED) is 0.326. The number of hydrogen-bond acceptors (Lipinski definition) is 6. The van der Waals surface area contributed by atoms with E-state index in [0.29, 0.717) is 43.5 Å². The first-order valence-corrected chi connectivity index (χ1v) is 10.8. The van der Waals surface area contributed by atoms with Crippen LogP contribution >= 0.6 is 0 Å². The summed E-state index contributed by atoms with van der Waals surface area (Å²) in [7, 11) is 0. The lowest BCUT2D eigenvalue weighted by Gasteiger charge is -2.19. The minimum absolute atomic E-state index is 0.228. The van der Waals surface area contributed by atoms with Crippen molar-refractivity contribution in [2.24, 2.45) is 0 Å². The van der Waals surface area contributed by atoms with E-state index in [1.54, 1.807) is 6.07 Å². The van der Waals surface area contributed by atoms with Gasteiger partial charge in [0.2, 0.25) is 11.8 Å². The van der Waals surface area contributed by atoms with Crippen LogP contribution in [0.5, 0.6) is 11.8 Å². The third-order valence-electron chi connectivity index (χ3n) is 4.41. The van der Waals surface area contributed by atoms with E-state index in [1.807, 2.05) is 82.3 Å². The van der Waals surface area contributed by atoms with Gasteiger partial charge in [0, 0.05) is 18.2 Å². The summed E-state index contributed by atoms with van der Waals surface area (Å²) in [6.07, 6.45) is 0.856. The molecular weight excluding hydrogens is 404 g/mol. The Hall–Kier alpha value is -3.41. The molecule has 1 aromatic carbocycles. The Balaban J connectivity index is 1.63. The van der Waals surface area contributed by atoms with Gasteiger partial charge in [0.05, 0.1) is 17.9 Å². The third kappa shape index (κ3) is 7.38. The van der Waals surface area contributed by atoms with Gasteiger partial charge in [0.1, 0.15) is 12.2 Å². The highest BCUT2D eigenvalue weighted by Gasteiger charge is 2.16. The first kappa shape index (κ1) is 23.3. The van der Waals surface area contributed by atoms with Crippen molar-refractivity contribution in [2.45, 2.75) is 52.7 Å². The highest BCUT2D eigenvalue weighted by Crippen LogP contribution is 2.29. The van der Waals surface area contributed by atoms with Crippen LogP contribution in [-0.4, -0.2) is 28.1 Å². The van der Waals surface area contributed by atoms with Crippen LogP contribution in [0, 0.1) is 6.92 Å². The predicted octanol–water partition coefficient (Wildman–Crippen LogP) is 5.53. The Morgan fingerprint density at radius 3 is 2.44 bits per heavy atom. The van der Waals surface area contributed by atoms with Crippen molar-refractivity contribution < 1.29 is 19.0 Å². The minimum atomic E-state index is -0.476. The molecule has 0 fully saturated rings. The molecule has 0 aliphatic carbocycles. The van der Waals surface area contributed by atoms with Crippen molar-refractivity contribution in [3.8, 4) is 23.0 Å². The van der Waals surface area contributed by atoms with E-state index in [4.69, 9.17) is 14.2 Å². The van der Waals surface area contributed by atoms with Crippen LogP contribution in [0.4, 0.5) is 0 Å². The van der Waals surface area contributed by atoms with Crippen molar-refractivity contribution in [3.63, 3.8) is 0 Å². The summed E-state index contributed by atoms with van der Waals surface area (Å²) < 4.78 is 17.1. The number of aryl methyl sites for hydroxylation is 1. The number of aromatic nitrogens is 2. The summed E-state index contributed by atoms with van der Waals surface area (Å²) in [4.78, 5) is 21.0. The number of benzene rings is 1. The van der Waals surface area contributed by atoms with Gasteiger partial charge in [-0.05, 0) is 57.9 Å². The standard InChI is InChI=1S/C26H30N2O4/c1-19-15-16-21(25(27-19)31-18-20-10-6-5-7-11-20)22-12-8-13-23(28-22)30-17-9-14-24(29)32-26(2,3)4/h5-8,10-13,15-16H,9,14,17-18H2,1-4H3. The number of pyridine rings is 2. The SMILES string of the molecule is Cc1ccc(-c2cccc(OCCCC(=O)OC(C)(C)C)n2)c(OCc2ccccc2)n1. The summed E-state index contributed by atoms with van der Waals surface area (Å²) in [5.41, 5.74) is 2.97. The molecule has 0 radical (unpaired) electrons. The summed E-state index contributed by atoms with van der Waals surface area (Å²) in [5, 5.41) is 0. The fraction of sp³-hybridized carbons (Fsp3) is 0.346. The second kappa shape index (κ2) is 10.8. The topological polar surface area (TPSA) is 70.5 Å². The van der Waals surface area contributed by atoms with Crippen LogP contribution in [0.2, 0.25) is 0 Å². The summed E-state index contributed by atoms with van der Waals surface area (Å²) in [6, 6.07) is 19.4. The van der Waals surface area contributed by atoms with Crippen LogP contribution in [0.15, 0.2) is 60.7 Å². The molecule has 3 aromatic rings. The van der Waals surface area contributed by atoms with Gasteiger partial charge in [-0.1, -0.05) is 36.4 Å². The van der Waals surface area contributed by atoms with E-state index in [1.165, 1.54) is 0 Å². The van der Waals surface area contributed by atoms with E-state index < -0.39 is 5.60 Å². The lowest BCUT2D eigenvalue weighted by molar-refractivity contribution is -0.155. The Kier molecular flexibility index (Phi) is 7.82. The number of hydrogen-bond donors (Lipinski definition) is 0. The second-order valence-corrected chi connectivity index (χ2v) is 8.48. The molecular formula is C26H30N2O4. The molecule has 3 rings (SSSR count). The van der Waals surface area contributed by atoms with Crippen molar-refractivity contribution in [3.05, 3.63) is 71.9 Å². The highest BCUT2D eigenvalue weighted by molar-refractivity contribution is 5.69. The van der Waals surface area contributed by atoms with Crippen molar-refractivity contribution in [1.29, 1.82) is 0 Å². The molecule has 6 nitrogen and oxygen atoms in total. The van der Waals surface area contributed by atoms with Gasteiger partial charge in [0.15, 0.2) is 0 Å². The van der Waals surface area contributed by atoms with Crippen molar-refractivity contribution in [2.75, 3.05) is 6.61 Å². The Morgan fingerprint density at radius 2 is 1.69 bits per heavy atom. The number of nitrogens with zero attached hydrogens (tertiary/aromatic N) is 2. The Morgan fingerprint density at radius 1 is 0.906 bits per heavy atom. The van der Waals surface area contributed by atoms with Crippen LogP contribution in [0.3, 0.4) is 0 Å². The van der Waals surface area contributed by atoms with E-state index >= 15 is 0 Å². The van der Waals surface area contributed by atoms with Gasteiger partial charge in [-0.25, -0.2) is 9.97 Å². The van der Waals surface area contributed by atoms with Crippen LogP contribution in [0.1, 0.15) is 44.9 Å². The number of carbonyl (C=O) groups excluding carboxylic acids is 1. The zero-order valence-corrected chi connectivity index (χ0v) is 19.1. The molecule has 2 heterocycles. The van der Waals surface area contributed by atoms with Gasteiger partial charge in [-0.15, -0.1) is 0 Å². The van der Waals surface area contributed by atoms with Gasteiger partial charge in [-0.3, -0.25) is 4.79 Å². The van der Waals surface area contributed by atoms with Crippen LogP contribution in [-0.2, 0) is 16.1 Å². The predicted molar refractivity (Wildman–Crippen MR) is 124 cm³/mol. The monoisotopic (exact) mass is 434 g/mol. The third-order valence-corrected chi connectivity index (χ3v) is 4.41. The molecule has 0 aliphatic heterocycles. The molecule has 6 heteroatoms. The molecule has 168 valence electrons. The molecule has 0 bridgehead atoms. The maximum Gasteiger partial charge on any atom is 0.306 e. The fourth-order valence-electron chi connectivity index (χ4n) is 2.99. The molecule has 0 atom stereocenters. The Bertz CT molecular complexity index is 1030.